The molecule has 1 saturated heterocycles. The van der Waals surface area contributed by atoms with Crippen molar-refractivity contribution in [3.05, 3.63) is 59.7 Å². The summed E-state index contributed by atoms with van der Waals surface area (Å²) < 4.78 is 0. The molecule has 1 fully saturated rings. The molecule has 1 heterocycles. The summed E-state index contributed by atoms with van der Waals surface area (Å²) in [5.41, 5.74) is 0.594. The number of carbonyl (C=O) groups excluding carboxylic acids is 3. The fraction of sp³-hybridized carbons (Fsp3) is 0.350. The molecule has 0 aromatic heterocycles. The molecule has 25 heavy (non-hydrogen) atoms. The Bertz CT molecular complexity index is 766. The number of hydrogen-bond donors (Lipinski definition) is 0. The highest BCUT2D eigenvalue weighted by atomic mass is 16.2. The normalized spacial score (nSPS) is 23.2. The highest BCUT2D eigenvalue weighted by Crippen LogP contribution is 2.33. The molecule has 0 bridgehead atoms. The van der Waals surface area contributed by atoms with Gasteiger partial charge in [0.25, 0.3) is 5.91 Å². The van der Waals surface area contributed by atoms with Gasteiger partial charge in [-0.15, -0.1) is 0 Å². The first-order chi connectivity index (χ1) is 11.9. The summed E-state index contributed by atoms with van der Waals surface area (Å²) >= 11 is 0. The van der Waals surface area contributed by atoms with Crippen molar-refractivity contribution in [1.82, 2.24) is 9.80 Å². The van der Waals surface area contributed by atoms with Crippen LogP contribution in [0.1, 0.15) is 36.5 Å². The van der Waals surface area contributed by atoms with E-state index < -0.39 is 11.6 Å². The van der Waals surface area contributed by atoms with Gasteiger partial charge in [-0.1, -0.05) is 48.6 Å². The van der Waals surface area contributed by atoms with Crippen LogP contribution in [0.15, 0.2) is 54.1 Å². The lowest BCUT2D eigenvalue weighted by Crippen LogP contribution is -2.45. The predicted molar refractivity (Wildman–Crippen MR) is 95.1 cm³/mol. The lowest BCUT2D eigenvalue weighted by Gasteiger charge is -2.29. The van der Waals surface area contributed by atoms with Crippen molar-refractivity contribution in [2.24, 2.45) is 0 Å². The number of Topliss-reactive ketones (excluding diaryl/α,β-unsaturated/α-hetero) is 1. The van der Waals surface area contributed by atoms with E-state index in [2.05, 4.69) is 12.2 Å². The zero-order valence-electron chi connectivity index (χ0n) is 14.6. The van der Waals surface area contributed by atoms with Gasteiger partial charge in [-0.3, -0.25) is 14.5 Å². The number of benzene rings is 1. The molecule has 1 aliphatic carbocycles. The van der Waals surface area contributed by atoms with Gasteiger partial charge in [0, 0.05) is 19.0 Å². The smallest absolute Gasteiger partial charge is 0.313 e. The monoisotopic (exact) mass is 338 g/mol. The first kappa shape index (κ1) is 17.1. The van der Waals surface area contributed by atoms with Crippen molar-refractivity contribution in [2.75, 3.05) is 13.6 Å². The number of urea groups is 1. The Balaban J connectivity index is 1.79. The van der Waals surface area contributed by atoms with Crippen LogP contribution in [0.3, 0.4) is 0 Å². The van der Waals surface area contributed by atoms with Crippen LogP contribution in [0.4, 0.5) is 4.79 Å². The van der Waals surface area contributed by atoms with Gasteiger partial charge < -0.3 is 4.90 Å². The lowest BCUT2D eigenvalue weighted by atomic mass is 9.89. The molecule has 0 spiro atoms. The summed E-state index contributed by atoms with van der Waals surface area (Å²) in [7, 11) is 1.63. The third kappa shape index (κ3) is 3.14. The van der Waals surface area contributed by atoms with Gasteiger partial charge in [-0.25, -0.2) is 4.79 Å². The highest BCUT2D eigenvalue weighted by molar-refractivity contribution is 6.11. The Morgan fingerprint density at radius 3 is 2.52 bits per heavy atom. The molecule has 5 heteroatoms. The number of rotatable bonds is 5. The fourth-order valence-electron chi connectivity index (χ4n) is 3.30. The van der Waals surface area contributed by atoms with E-state index in [-0.39, 0.29) is 18.2 Å². The Morgan fingerprint density at radius 1 is 1.16 bits per heavy atom. The number of nitrogens with zero attached hydrogens (tertiary/aromatic N) is 2. The molecule has 130 valence electrons. The Labute approximate surface area is 147 Å². The maximum Gasteiger partial charge on any atom is 0.327 e. The third-order valence-electron chi connectivity index (χ3n) is 4.98. The third-order valence-corrected chi connectivity index (χ3v) is 4.98. The standard InChI is InChI=1S/C20H22N2O3/c1-20(13-15-9-5-3-6-10-15)18(24)22(19(25)21(20)2)14-17(23)16-11-7-4-8-12-16/h4-5,7-12H,3,6,13-14H2,1-2H3/t20-/m0/s1. The molecule has 0 unspecified atom stereocenters. The maximum atomic E-state index is 12.9. The van der Waals surface area contributed by atoms with Crippen LogP contribution in [0.2, 0.25) is 0 Å². The van der Waals surface area contributed by atoms with Crippen LogP contribution < -0.4 is 0 Å². The first-order valence-electron chi connectivity index (χ1n) is 8.47. The topological polar surface area (TPSA) is 57.7 Å². The maximum absolute atomic E-state index is 12.9. The van der Waals surface area contributed by atoms with Crippen molar-refractivity contribution in [3.63, 3.8) is 0 Å². The van der Waals surface area contributed by atoms with Crippen LogP contribution in [0, 0.1) is 0 Å². The van der Waals surface area contributed by atoms with Gasteiger partial charge in [-0.05, 0) is 25.3 Å². The minimum atomic E-state index is -0.957. The molecular formula is C20H22N2O3. The minimum Gasteiger partial charge on any atom is -0.313 e. The van der Waals surface area contributed by atoms with Crippen molar-refractivity contribution in [1.29, 1.82) is 0 Å². The van der Waals surface area contributed by atoms with Crippen molar-refractivity contribution in [3.8, 4) is 0 Å². The average Bonchev–Trinajstić information content (AvgIpc) is 2.79. The van der Waals surface area contributed by atoms with Gasteiger partial charge >= 0.3 is 6.03 Å². The molecule has 1 atom stereocenters. The second-order valence-electron chi connectivity index (χ2n) is 6.73. The molecule has 3 rings (SSSR count). The molecule has 1 aliphatic heterocycles. The fourth-order valence-corrected chi connectivity index (χ4v) is 3.30. The van der Waals surface area contributed by atoms with Gasteiger partial charge in [-0.2, -0.15) is 0 Å². The predicted octanol–water partition coefficient (Wildman–Crippen LogP) is 3.19. The summed E-state index contributed by atoms with van der Waals surface area (Å²) in [6.07, 6.45) is 8.61. The summed E-state index contributed by atoms with van der Waals surface area (Å²) in [6.45, 7) is 1.54. The number of carbonyl (C=O) groups is 3. The van der Waals surface area contributed by atoms with Crippen LogP contribution in [0.25, 0.3) is 0 Å². The van der Waals surface area contributed by atoms with Crippen molar-refractivity contribution >= 4 is 17.7 Å². The molecule has 3 amide bonds. The summed E-state index contributed by atoms with van der Waals surface area (Å²) in [4.78, 5) is 40.5. The summed E-state index contributed by atoms with van der Waals surface area (Å²) in [6, 6.07) is 8.30. The average molecular weight is 338 g/mol. The zero-order valence-corrected chi connectivity index (χ0v) is 14.6. The van der Waals surface area contributed by atoms with E-state index in [0.717, 1.165) is 23.3 Å². The number of allylic oxidation sites excluding steroid dienone is 3. The van der Waals surface area contributed by atoms with Gasteiger partial charge in [0.05, 0.1) is 6.54 Å². The van der Waals surface area contributed by atoms with E-state index in [0.29, 0.717) is 12.0 Å². The molecule has 2 aliphatic rings. The van der Waals surface area contributed by atoms with Crippen molar-refractivity contribution < 1.29 is 14.4 Å². The van der Waals surface area contributed by atoms with E-state index >= 15 is 0 Å². The quantitative estimate of drug-likeness (QED) is 0.612. The first-order valence-corrected chi connectivity index (χ1v) is 8.47. The summed E-state index contributed by atoms with van der Waals surface area (Å²) in [5.74, 6) is -0.555. The van der Waals surface area contributed by atoms with E-state index in [9.17, 15) is 14.4 Å². The van der Waals surface area contributed by atoms with Gasteiger partial charge in [0.15, 0.2) is 5.78 Å². The number of amides is 3. The molecule has 5 nitrogen and oxygen atoms in total. The van der Waals surface area contributed by atoms with Crippen LogP contribution in [-0.2, 0) is 4.79 Å². The van der Waals surface area contributed by atoms with Crippen LogP contribution >= 0.6 is 0 Å². The molecule has 1 aromatic rings. The second kappa shape index (κ2) is 6.67. The van der Waals surface area contributed by atoms with Crippen LogP contribution in [0.5, 0.6) is 0 Å². The van der Waals surface area contributed by atoms with Gasteiger partial charge in [0.2, 0.25) is 0 Å². The Kier molecular flexibility index (Phi) is 4.57. The molecule has 0 radical (unpaired) electrons. The van der Waals surface area contributed by atoms with Crippen molar-refractivity contribution in [2.45, 2.75) is 31.7 Å². The Hall–Kier alpha value is -2.69. The SMILES string of the molecule is CN1C(=O)N(CC(=O)c2ccccc2)C(=O)[C@]1(C)CC1=CCCC=C1. The molecule has 0 saturated carbocycles. The van der Waals surface area contributed by atoms with E-state index in [1.54, 1.807) is 38.2 Å². The minimum absolute atomic E-state index is 0.226. The molecule has 0 N–H and O–H groups in total. The number of imide groups is 1. The van der Waals surface area contributed by atoms with Gasteiger partial charge in [0.1, 0.15) is 5.54 Å². The van der Waals surface area contributed by atoms with Crippen LogP contribution in [-0.4, -0.2) is 46.7 Å². The number of likely N-dealkylation sites (N-methyl/N-ethyl adjacent to an activating group) is 1. The largest absolute Gasteiger partial charge is 0.327 e. The zero-order chi connectivity index (χ0) is 18.0. The molecule has 1 aromatic carbocycles. The highest BCUT2D eigenvalue weighted by Gasteiger charge is 2.52. The van der Waals surface area contributed by atoms with E-state index in [4.69, 9.17) is 0 Å². The molecular weight excluding hydrogens is 316 g/mol. The van der Waals surface area contributed by atoms with E-state index in [1.165, 1.54) is 4.90 Å². The van der Waals surface area contributed by atoms with E-state index in [1.807, 2.05) is 12.1 Å². The Morgan fingerprint density at radius 2 is 1.88 bits per heavy atom. The lowest BCUT2D eigenvalue weighted by molar-refractivity contribution is -0.132. The number of hydrogen-bond acceptors (Lipinski definition) is 3. The second-order valence-corrected chi connectivity index (χ2v) is 6.73. The summed E-state index contributed by atoms with van der Waals surface area (Å²) in [5, 5.41) is 0. The number of ketones is 1.